The first-order valence-corrected chi connectivity index (χ1v) is 9.09. The van der Waals surface area contributed by atoms with E-state index in [0.29, 0.717) is 24.3 Å². The fraction of sp³-hybridized carbons (Fsp3) is 0.600. The fourth-order valence-electron chi connectivity index (χ4n) is 2.97. The van der Waals surface area contributed by atoms with Gasteiger partial charge in [-0.3, -0.25) is 14.5 Å². The topological polar surface area (TPSA) is 68.4 Å². The van der Waals surface area contributed by atoms with Crippen molar-refractivity contribution in [2.75, 3.05) is 26.4 Å². The summed E-state index contributed by atoms with van der Waals surface area (Å²) in [6.45, 7) is 9.74. The molecule has 6 nitrogen and oxygen atoms in total. The van der Waals surface area contributed by atoms with E-state index in [9.17, 15) is 9.59 Å². The summed E-state index contributed by atoms with van der Waals surface area (Å²) in [4.78, 5) is 26.7. The molecular formula is C20H27NO5. The lowest BCUT2D eigenvalue weighted by atomic mass is 10.0. The van der Waals surface area contributed by atoms with Crippen molar-refractivity contribution in [1.29, 1.82) is 0 Å². The molecule has 1 saturated heterocycles. The summed E-state index contributed by atoms with van der Waals surface area (Å²) in [6, 6.07) is 6.92. The van der Waals surface area contributed by atoms with Gasteiger partial charge in [-0.15, -0.1) is 0 Å². The number of epoxide rings is 1. The van der Waals surface area contributed by atoms with Gasteiger partial charge in [-0.1, -0.05) is 19.1 Å². The van der Waals surface area contributed by atoms with Crippen molar-refractivity contribution in [2.24, 2.45) is 0 Å². The smallest absolute Gasteiger partial charge is 0.262 e. The molecule has 0 saturated carbocycles. The minimum absolute atomic E-state index is 0.214. The Kier molecular flexibility index (Phi) is 5.19. The number of fused-ring (bicyclic) bond motifs is 1. The Morgan fingerprint density at radius 2 is 1.69 bits per heavy atom. The highest BCUT2D eigenvalue weighted by atomic mass is 16.6. The van der Waals surface area contributed by atoms with E-state index in [2.05, 4.69) is 0 Å². The maximum absolute atomic E-state index is 12.7. The van der Waals surface area contributed by atoms with Gasteiger partial charge in [-0.05, 0) is 39.3 Å². The predicted molar refractivity (Wildman–Crippen MR) is 96.2 cm³/mol. The maximum atomic E-state index is 12.7. The number of rotatable bonds is 9. The quantitative estimate of drug-likeness (QED) is 0.500. The molecule has 0 radical (unpaired) electrons. The molecule has 0 aliphatic carbocycles. The second-order valence-electron chi connectivity index (χ2n) is 7.87. The van der Waals surface area contributed by atoms with Gasteiger partial charge in [0.15, 0.2) is 0 Å². The lowest BCUT2D eigenvalue weighted by molar-refractivity contribution is -0.111. The molecule has 3 rings (SSSR count). The lowest BCUT2D eigenvalue weighted by Crippen LogP contribution is -2.52. The number of benzene rings is 1. The van der Waals surface area contributed by atoms with Gasteiger partial charge >= 0.3 is 0 Å². The number of imide groups is 1. The Labute approximate surface area is 154 Å². The number of ether oxygens (including phenoxy) is 3. The van der Waals surface area contributed by atoms with Crippen molar-refractivity contribution >= 4 is 11.8 Å². The first-order chi connectivity index (χ1) is 12.3. The number of carbonyl (C=O) groups excluding carboxylic acids is 2. The minimum Gasteiger partial charge on any atom is -0.376 e. The predicted octanol–water partition coefficient (Wildman–Crippen LogP) is 2.66. The summed E-state index contributed by atoms with van der Waals surface area (Å²) >= 11 is 0. The number of carbonyl (C=O) groups is 2. The number of hydrogen-bond acceptors (Lipinski definition) is 5. The highest BCUT2D eigenvalue weighted by molar-refractivity contribution is 6.21. The third kappa shape index (κ3) is 3.82. The van der Waals surface area contributed by atoms with Crippen LogP contribution in [-0.4, -0.2) is 60.4 Å². The van der Waals surface area contributed by atoms with Gasteiger partial charge in [0.25, 0.3) is 11.8 Å². The standard InChI is InChI=1S/C20H27NO5/c1-5-20(4,13-24-10-14-11-25-14)26-12-19(2,3)21-17(22)15-8-6-7-9-16(15)18(21)23/h6-9,14H,5,10-13H2,1-4H3. The zero-order valence-corrected chi connectivity index (χ0v) is 15.9. The molecule has 0 spiro atoms. The average molecular weight is 361 g/mol. The molecule has 6 heteroatoms. The highest BCUT2D eigenvalue weighted by Crippen LogP contribution is 2.31. The second-order valence-corrected chi connectivity index (χ2v) is 7.87. The van der Waals surface area contributed by atoms with Gasteiger partial charge in [-0.2, -0.15) is 0 Å². The zero-order chi connectivity index (χ0) is 18.9. The summed E-state index contributed by atoms with van der Waals surface area (Å²) in [5.74, 6) is -0.529. The van der Waals surface area contributed by atoms with Crippen LogP contribution in [-0.2, 0) is 14.2 Å². The molecule has 2 aliphatic rings. The van der Waals surface area contributed by atoms with Crippen molar-refractivity contribution < 1.29 is 23.8 Å². The van der Waals surface area contributed by atoms with E-state index < -0.39 is 11.1 Å². The highest BCUT2D eigenvalue weighted by Gasteiger charge is 2.44. The number of hydrogen-bond donors (Lipinski definition) is 0. The average Bonchev–Trinajstić information content (AvgIpc) is 3.40. The van der Waals surface area contributed by atoms with E-state index in [-0.39, 0.29) is 24.5 Å². The van der Waals surface area contributed by atoms with E-state index in [4.69, 9.17) is 14.2 Å². The Hall–Kier alpha value is -1.76. The Balaban J connectivity index is 1.64. The molecule has 2 heterocycles. The van der Waals surface area contributed by atoms with Crippen molar-refractivity contribution in [1.82, 2.24) is 4.90 Å². The lowest BCUT2D eigenvalue weighted by Gasteiger charge is -2.38. The molecule has 1 aromatic carbocycles. The van der Waals surface area contributed by atoms with Gasteiger partial charge in [0, 0.05) is 0 Å². The van der Waals surface area contributed by atoms with Gasteiger partial charge in [-0.25, -0.2) is 0 Å². The van der Waals surface area contributed by atoms with E-state index in [1.165, 1.54) is 4.90 Å². The Morgan fingerprint density at radius 3 is 2.19 bits per heavy atom. The van der Waals surface area contributed by atoms with Crippen LogP contribution >= 0.6 is 0 Å². The molecule has 1 fully saturated rings. The first-order valence-electron chi connectivity index (χ1n) is 9.09. The molecule has 26 heavy (non-hydrogen) atoms. The summed E-state index contributed by atoms with van der Waals surface area (Å²) in [7, 11) is 0. The zero-order valence-electron chi connectivity index (χ0n) is 15.9. The van der Waals surface area contributed by atoms with Crippen LogP contribution < -0.4 is 0 Å². The van der Waals surface area contributed by atoms with Crippen LogP contribution in [0.5, 0.6) is 0 Å². The van der Waals surface area contributed by atoms with E-state index >= 15 is 0 Å². The Bertz CT molecular complexity index is 662. The number of nitrogens with zero attached hydrogens (tertiary/aromatic N) is 1. The van der Waals surface area contributed by atoms with E-state index in [0.717, 1.165) is 13.0 Å². The largest absolute Gasteiger partial charge is 0.376 e. The fourth-order valence-corrected chi connectivity index (χ4v) is 2.97. The van der Waals surface area contributed by atoms with Crippen molar-refractivity contribution in [3.63, 3.8) is 0 Å². The molecule has 2 aliphatic heterocycles. The minimum atomic E-state index is -0.761. The van der Waals surface area contributed by atoms with Gasteiger partial charge in [0.05, 0.1) is 48.7 Å². The molecule has 0 bridgehead atoms. The van der Waals surface area contributed by atoms with Crippen molar-refractivity contribution in [2.45, 2.75) is 51.4 Å². The van der Waals surface area contributed by atoms with Crippen LogP contribution in [0.4, 0.5) is 0 Å². The monoisotopic (exact) mass is 361 g/mol. The van der Waals surface area contributed by atoms with Crippen LogP contribution in [0.2, 0.25) is 0 Å². The molecule has 1 aromatic rings. The van der Waals surface area contributed by atoms with Crippen LogP contribution in [0.3, 0.4) is 0 Å². The molecule has 0 N–H and O–H groups in total. The van der Waals surface area contributed by atoms with Crippen LogP contribution in [0.25, 0.3) is 0 Å². The molecule has 0 aromatic heterocycles. The molecular weight excluding hydrogens is 334 g/mol. The second kappa shape index (κ2) is 7.10. The third-order valence-electron chi connectivity index (χ3n) is 5.03. The number of amides is 2. The van der Waals surface area contributed by atoms with Crippen LogP contribution in [0.1, 0.15) is 54.8 Å². The SMILES string of the molecule is CCC(C)(COCC1CO1)OCC(C)(C)N1C(=O)c2ccccc2C1=O. The molecule has 2 unspecified atom stereocenters. The summed E-state index contributed by atoms with van der Waals surface area (Å²) in [6.07, 6.45) is 0.974. The van der Waals surface area contributed by atoms with Crippen LogP contribution in [0, 0.1) is 0 Å². The molecule has 142 valence electrons. The van der Waals surface area contributed by atoms with Gasteiger partial charge in [0.2, 0.25) is 0 Å². The molecule has 2 atom stereocenters. The van der Waals surface area contributed by atoms with Crippen molar-refractivity contribution in [3.8, 4) is 0 Å². The summed E-state index contributed by atoms with van der Waals surface area (Å²) < 4.78 is 17.0. The van der Waals surface area contributed by atoms with E-state index in [1.54, 1.807) is 24.3 Å². The van der Waals surface area contributed by atoms with Crippen LogP contribution in [0.15, 0.2) is 24.3 Å². The van der Waals surface area contributed by atoms with Gasteiger partial charge < -0.3 is 14.2 Å². The molecule has 2 amide bonds. The van der Waals surface area contributed by atoms with Gasteiger partial charge in [0.1, 0.15) is 6.10 Å². The summed E-state index contributed by atoms with van der Waals surface area (Å²) in [5.41, 5.74) is -0.332. The first kappa shape index (κ1) is 19.0. The van der Waals surface area contributed by atoms with E-state index in [1.807, 2.05) is 27.7 Å². The maximum Gasteiger partial charge on any atom is 0.262 e. The summed E-state index contributed by atoms with van der Waals surface area (Å²) in [5, 5.41) is 0. The normalized spacial score (nSPS) is 21.7. The third-order valence-corrected chi connectivity index (χ3v) is 5.03. The van der Waals surface area contributed by atoms with Crippen molar-refractivity contribution in [3.05, 3.63) is 35.4 Å². The Morgan fingerprint density at radius 1 is 1.12 bits per heavy atom.